The lowest BCUT2D eigenvalue weighted by Gasteiger charge is -2.27. The summed E-state index contributed by atoms with van der Waals surface area (Å²) in [5, 5.41) is 33.0. The number of hydrogen-bond donors (Lipinski definition) is 12. The third kappa shape index (κ3) is 15.1. The number of nitrogens with two attached hydrogens (primary N) is 1. The molecule has 3 aromatic carbocycles. The van der Waals surface area contributed by atoms with E-state index in [4.69, 9.17) is 11.1 Å². The van der Waals surface area contributed by atoms with Crippen LogP contribution in [0.15, 0.2) is 85.5 Å². The van der Waals surface area contributed by atoms with Crippen LogP contribution in [-0.2, 0) is 52.8 Å². The average molecular weight is 986 g/mol. The normalized spacial score (nSPS) is 21.7. The van der Waals surface area contributed by atoms with E-state index in [9.17, 15) is 33.6 Å². The van der Waals surface area contributed by atoms with Crippen LogP contribution in [0, 0.1) is 11.3 Å². The second kappa shape index (κ2) is 25.9. The molecule has 72 heavy (non-hydrogen) atoms. The van der Waals surface area contributed by atoms with E-state index in [0.29, 0.717) is 30.5 Å². The predicted octanol–water partition coefficient (Wildman–Crippen LogP) is 2.15. The molecule has 0 spiro atoms. The van der Waals surface area contributed by atoms with Gasteiger partial charge in [-0.1, -0.05) is 73.5 Å². The summed E-state index contributed by atoms with van der Waals surface area (Å²) in [4.78, 5) is 110. The van der Waals surface area contributed by atoms with Crippen LogP contribution in [-0.4, -0.2) is 112 Å². The Kier molecular flexibility index (Phi) is 18.7. The van der Waals surface area contributed by atoms with Gasteiger partial charge in [-0.05, 0) is 78.8 Å². The van der Waals surface area contributed by atoms with E-state index < -0.39 is 72.1 Å². The largest absolute Gasteiger partial charge is 0.370 e. The van der Waals surface area contributed by atoms with Crippen molar-refractivity contribution in [2.45, 2.75) is 120 Å². The lowest BCUT2D eigenvalue weighted by Crippen LogP contribution is -2.60. The first-order valence-corrected chi connectivity index (χ1v) is 25.0. The van der Waals surface area contributed by atoms with Gasteiger partial charge in [0.1, 0.15) is 30.2 Å². The third-order valence-corrected chi connectivity index (χ3v) is 13.4. The van der Waals surface area contributed by atoms with Gasteiger partial charge in [-0.3, -0.25) is 39.0 Å². The minimum Gasteiger partial charge on any atom is -0.370 e. The van der Waals surface area contributed by atoms with Gasteiger partial charge in [-0.25, -0.2) is 4.98 Å². The van der Waals surface area contributed by atoms with Crippen LogP contribution in [0.3, 0.4) is 0 Å². The van der Waals surface area contributed by atoms with Crippen molar-refractivity contribution in [3.05, 3.63) is 102 Å². The average Bonchev–Trinajstić information content (AvgIpc) is 4.17. The molecule has 3 heterocycles. The molecule has 1 saturated heterocycles. The Morgan fingerprint density at radius 3 is 2.06 bits per heavy atom. The molecule has 7 amide bonds. The number of H-pyrrole nitrogens is 2. The maximum atomic E-state index is 14.9. The smallest absolute Gasteiger partial charge is 0.243 e. The molecule has 2 aliphatic rings. The fourth-order valence-corrected chi connectivity index (χ4v) is 9.52. The number of guanidine groups is 1. The number of benzene rings is 3. The number of imidazole rings is 1. The second-order valence-corrected chi connectivity index (χ2v) is 18.8. The van der Waals surface area contributed by atoms with E-state index in [0.717, 1.165) is 52.9 Å². The van der Waals surface area contributed by atoms with Crippen molar-refractivity contribution >= 4 is 69.0 Å². The molecule has 1 saturated carbocycles. The van der Waals surface area contributed by atoms with Crippen LogP contribution in [0.4, 0.5) is 0 Å². The van der Waals surface area contributed by atoms with Crippen molar-refractivity contribution in [2.24, 2.45) is 11.7 Å². The first kappa shape index (κ1) is 52.1. The molecule has 20 heteroatoms. The molecular formula is C52H67N13O7. The van der Waals surface area contributed by atoms with Gasteiger partial charge in [-0.15, -0.1) is 0 Å². The Balaban J connectivity index is 1.22. The van der Waals surface area contributed by atoms with Crippen LogP contribution in [0.25, 0.3) is 21.7 Å². The minimum atomic E-state index is -1.36. The van der Waals surface area contributed by atoms with Gasteiger partial charge in [0.25, 0.3) is 0 Å². The van der Waals surface area contributed by atoms with Crippen molar-refractivity contribution in [3.8, 4) is 0 Å². The summed E-state index contributed by atoms with van der Waals surface area (Å²) in [5.74, 6) is -4.34. The zero-order valence-corrected chi connectivity index (χ0v) is 40.5. The zero-order valence-electron chi connectivity index (χ0n) is 40.5. The number of para-hydroxylation sites is 1. The van der Waals surface area contributed by atoms with E-state index in [1.54, 1.807) is 12.4 Å². The maximum absolute atomic E-state index is 14.9. The highest BCUT2D eigenvalue weighted by Crippen LogP contribution is 2.27. The number of nitrogens with one attached hydrogen (secondary N) is 11. The topological polar surface area (TPSA) is 310 Å². The molecule has 5 aromatic rings. The van der Waals surface area contributed by atoms with Crippen LogP contribution >= 0.6 is 0 Å². The van der Waals surface area contributed by atoms with E-state index in [2.05, 4.69) is 57.5 Å². The van der Waals surface area contributed by atoms with Crippen molar-refractivity contribution in [2.75, 3.05) is 19.6 Å². The highest BCUT2D eigenvalue weighted by atomic mass is 16.2. The van der Waals surface area contributed by atoms with Crippen LogP contribution in [0.2, 0.25) is 0 Å². The Morgan fingerprint density at radius 1 is 0.667 bits per heavy atom. The molecule has 0 radical (unpaired) electrons. The fourth-order valence-electron chi connectivity index (χ4n) is 9.52. The number of aromatic nitrogens is 3. The summed E-state index contributed by atoms with van der Waals surface area (Å²) < 4.78 is 0. The molecule has 7 rings (SSSR count). The molecule has 13 N–H and O–H groups in total. The van der Waals surface area contributed by atoms with Crippen molar-refractivity contribution in [1.82, 2.24) is 57.5 Å². The van der Waals surface area contributed by atoms with Gasteiger partial charge in [0.2, 0.25) is 41.4 Å². The van der Waals surface area contributed by atoms with Crippen molar-refractivity contribution in [3.63, 3.8) is 0 Å². The molecule has 5 atom stereocenters. The highest BCUT2D eigenvalue weighted by molar-refractivity contribution is 5.98. The fraction of sp³-hybridized carbons (Fsp3) is 0.442. The number of nitrogens with zero attached hydrogens (tertiary/aromatic N) is 1. The Labute approximate surface area is 417 Å². The summed E-state index contributed by atoms with van der Waals surface area (Å²) in [7, 11) is 0. The quantitative estimate of drug-likeness (QED) is 0.0464. The van der Waals surface area contributed by atoms with Gasteiger partial charge in [0, 0.05) is 68.6 Å². The predicted molar refractivity (Wildman–Crippen MR) is 272 cm³/mol. The number of amides is 7. The van der Waals surface area contributed by atoms with Crippen molar-refractivity contribution < 1.29 is 33.6 Å². The summed E-state index contributed by atoms with van der Waals surface area (Å²) >= 11 is 0. The number of carbonyl (C=O) groups is 7. The first-order valence-electron chi connectivity index (χ1n) is 25.0. The molecule has 0 unspecified atom stereocenters. The minimum absolute atomic E-state index is 0.0478. The Morgan fingerprint density at radius 2 is 1.31 bits per heavy atom. The summed E-state index contributed by atoms with van der Waals surface area (Å²) in [6, 6.07) is 14.4. The molecule has 1 aliphatic heterocycles. The monoisotopic (exact) mass is 986 g/mol. The van der Waals surface area contributed by atoms with E-state index in [-0.39, 0.29) is 75.9 Å². The number of aromatic amines is 2. The van der Waals surface area contributed by atoms with E-state index >= 15 is 0 Å². The SMILES string of the molecule is N=C(N)NCCC[C@@H]1NC(=O)[C@@H](Cc2cccc3ccccc23)NC(=O)[C@H](Cc2c[nH]cn2)NC(=O)[C@@H](NC(=O)CC2CCCC2)CC(=O)NCCCCCNC(=O)[C@H](Cc2c[nH]c3ccccc23)NC1=O. The summed E-state index contributed by atoms with van der Waals surface area (Å²) in [6.07, 6.45) is 10.4. The Bertz CT molecular complexity index is 2680. The number of carbonyl (C=O) groups excluding carboxylic acids is 7. The van der Waals surface area contributed by atoms with Gasteiger partial charge >= 0.3 is 0 Å². The molecule has 1 aliphatic carbocycles. The second-order valence-electron chi connectivity index (χ2n) is 18.8. The van der Waals surface area contributed by atoms with Crippen LogP contribution < -0.4 is 48.3 Å². The van der Waals surface area contributed by atoms with Crippen molar-refractivity contribution in [1.29, 1.82) is 5.41 Å². The van der Waals surface area contributed by atoms with Gasteiger partial charge < -0.3 is 58.2 Å². The zero-order chi connectivity index (χ0) is 50.8. The van der Waals surface area contributed by atoms with E-state index in [1.165, 1.54) is 6.33 Å². The number of hydrogen-bond acceptors (Lipinski definition) is 9. The first-order chi connectivity index (χ1) is 34.9. The number of fused-ring (bicyclic) bond motifs is 2. The van der Waals surface area contributed by atoms with Crippen LogP contribution in [0.5, 0.6) is 0 Å². The molecular weight excluding hydrogens is 919 g/mol. The molecule has 20 nitrogen and oxygen atoms in total. The molecule has 0 bridgehead atoms. The van der Waals surface area contributed by atoms with Gasteiger partial charge in [0.05, 0.1) is 18.4 Å². The molecule has 2 fully saturated rings. The standard InChI is InChI=1S/C52H67N13O7/c53-52(54)58-23-11-20-40-48(69)63-41(26-35-29-59-39-19-7-6-18-38(35)39)47(68)57-22-9-1-8-21-56-45(66)28-44(61-46(67)24-32-12-2-3-13-32)51(72)65-43(27-36-30-55-31-60-36)50(71)64-42(49(70)62-40)25-34-16-10-15-33-14-4-5-17-37(33)34/h4-7,10,14-19,29-32,40-44,59H,1-3,8-9,11-13,20-28H2,(H,55,60)(H,56,66)(H,57,68)(H,61,67)(H,62,70)(H,63,69)(H,64,71)(H,65,72)(H4,53,54,58)/t40-,41-,42+,43-,44-/m0/s1. The summed E-state index contributed by atoms with van der Waals surface area (Å²) in [5.41, 5.74) is 8.32. The van der Waals surface area contributed by atoms with Gasteiger partial charge in [-0.2, -0.15) is 0 Å². The van der Waals surface area contributed by atoms with Gasteiger partial charge in [0.15, 0.2) is 5.96 Å². The van der Waals surface area contributed by atoms with E-state index in [1.807, 2.05) is 66.7 Å². The molecule has 2 aromatic heterocycles. The number of rotatable bonds is 13. The summed E-state index contributed by atoms with van der Waals surface area (Å²) in [6.45, 7) is 0.735. The maximum Gasteiger partial charge on any atom is 0.243 e. The lowest BCUT2D eigenvalue weighted by molar-refractivity contribution is -0.135. The highest BCUT2D eigenvalue weighted by Gasteiger charge is 2.34. The third-order valence-electron chi connectivity index (χ3n) is 13.4. The Hall–Kier alpha value is -7.77. The molecule has 382 valence electrons. The van der Waals surface area contributed by atoms with Crippen LogP contribution in [0.1, 0.15) is 87.4 Å². The lowest BCUT2D eigenvalue weighted by atomic mass is 9.97.